The maximum Gasteiger partial charge on any atom is 0.141 e. The van der Waals surface area contributed by atoms with Crippen molar-refractivity contribution in [1.29, 1.82) is 0 Å². The Kier molecular flexibility index (Phi) is 3.72. The number of ketones is 1. The molecule has 4 heteroatoms. The van der Waals surface area contributed by atoms with Gasteiger partial charge in [0.15, 0.2) is 0 Å². The maximum absolute atomic E-state index is 11.6. The Morgan fingerprint density at radius 3 is 2.73 bits per heavy atom. The summed E-state index contributed by atoms with van der Waals surface area (Å²) in [4.78, 5) is 16.3. The van der Waals surface area contributed by atoms with Gasteiger partial charge in [0.1, 0.15) is 5.78 Å². The van der Waals surface area contributed by atoms with Crippen LogP contribution in [0, 0.1) is 5.92 Å². The first kappa shape index (κ1) is 11.0. The third-order valence-corrected chi connectivity index (χ3v) is 3.34. The summed E-state index contributed by atoms with van der Waals surface area (Å²) in [5, 5.41) is 0. The molecule has 4 nitrogen and oxygen atoms in total. The number of nitrogens with zero attached hydrogens (tertiary/aromatic N) is 2. The zero-order valence-corrected chi connectivity index (χ0v) is 9.45. The highest BCUT2D eigenvalue weighted by atomic mass is 16.5. The Morgan fingerprint density at radius 2 is 2.07 bits per heavy atom. The zero-order chi connectivity index (χ0) is 10.7. The van der Waals surface area contributed by atoms with Gasteiger partial charge < -0.3 is 9.64 Å². The molecule has 0 bridgehead atoms. The molecule has 2 aliphatic rings. The van der Waals surface area contributed by atoms with Gasteiger partial charge in [-0.2, -0.15) is 0 Å². The van der Waals surface area contributed by atoms with E-state index in [9.17, 15) is 4.79 Å². The molecule has 1 atom stereocenters. The number of rotatable bonds is 2. The van der Waals surface area contributed by atoms with Gasteiger partial charge in [-0.05, 0) is 7.05 Å². The second kappa shape index (κ2) is 5.05. The van der Waals surface area contributed by atoms with Crippen molar-refractivity contribution in [2.75, 3.05) is 53.0 Å². The normalized spacial score (nSPS) is 30.7. The molecule has 0 saturated carbocycles. The molecule has 2 heterocycles. The van der Waals surface area contributed by atoms with Gasteiger partial charge in [-0.1, -0.05) is 0 Å². The monoisotopic (exact) mass is 212 g/mol. The minimum atomic E-state index is 0.127. The first-order chi connectivity index (χ1) is 7.25. The molecule has 2 fully saturated rings. The second-order valence-corrected chi connectivity index (χ2v) is 4.59. The third-order valence-electron chi connectivity index (χ3n) is 3.34. The third kappa shape index (κ3) is 3.00. The van der Waals surface area contributed by atoms with Crippen molar-refractivity contribution in [3.8, 4) is 0 Å². The van der Waals surface area contributed by atoms with Crippen LogP contribution in [0.2, 0.25) is 0 Å². The number of hydrogen-bond donors (Lipinski definition) is 0. The molecule has 0 N–H and O–H groups in total. The molecule has 15 heavy (non-hydrogen) atoms. The highest BCUT2D eigenvalue weighted by molar-refractivity contribution is 5.82. The summed E-state index contributed by atoms with van der Waals surface area (Å²) in [7, 11) is 2.15. The summed E-state index contributed by atoms with van der Waals surface area (Å²) in [6.45, 7) is 6.54. The molecule has 1 unspecified atom stereocenters. The Balaban J connectivity index is 1.78. The molecule has 0 aromatic carbocycles. The number of carbonyl (C=O) groups is 1. The second-order valence-electron chi connectivity index (χ2n) is 4.59. The van der Waals surface area contributed by atoms with E-state index in [1.165, 1.54) is 0 Å². The summed E-state index contributed by atoms with van der Waals surface area (Å²) < 4.78 is 5.36. The summed E-state index contributed by atoms with van der Waals surface area (Å²) in [5.41, 5.74) is 0. The Morgan fingerprint density at radius 1 is 1.33 bits per heavy atom. The fraction of sp³-hybridized carbons (Fsp3) is 0.909. The van der Waals surface area contributed by atoms with Crippen LogP contribution >= 0.6 is 0 Å². The minimum absolute atomic E-state index is 0.127. The van der Waals surface area contributed by atoms with Crippen LogP contribution in [0.3, 0.4) is 0 Å². The zero-order valence-electron chi connectivity index (χ0n) is 9.45. The van der Waals surface area contributed by atoms with Crippen LogP contribution in [0.25, 0.3) is 0 Å². The summed E-state index contributed by atoms with van der Waals surface area (Å²) >= 11 is 0. The highest BCUT2D eigenvalue weighted by Gasteiger charge is 2.26. The highest BCUT2D eigenvalue weighted by Crippen LogP contribution is 2.12. The van der Waals surface area contributed by atoms with Crippen LogP contribution < -0.4 is 0 Å². The van der Waals surface area contributed by atoms with Gasteiger partial charge in [-0.15, -0.1) is 0 Å². The fourth-order valence-corrected chi connectivity index (χ4v) is 2.19. The van der Waals surface area contributed by atoms with E-state index in [4.69, 9.17) is 4.74 Å². The topological polar surface area (TPSA) is 32.8 Å². The summed E-state index contributed by atoms with van der Waals surface area (Å²) in [6.07, 6.45) is 0.610. The smallest absolute Gasteiger partial charge is 0.141 e. The Bertz CT molecular complexity index is 225. The summed E-state index contributed by atoms with van der Waals surface area (Å²) in [5.74, 6) is 0.516. The molecule has 0 aromatic heterocycles. The molecule has 0 amide bonds. The Labute approximate surface area is 91.2 Å². The molecular formula is C11H20N2O2. The van der Waals surface area contributed by atoms with Gasteiger partial charge in [0, 0.05) is 39.1 Å². The predicted molar refractivity (Wildman–Crippen MR) is 57.9 cm³/mol. The number of Topliss-reactive ketones (excluding diaryl/α,β-unsaturated/α-hetero) is 1. The van der Waals surface area contributed by atoms with E-state index in [2.05, 4.69) is 16.8 Å². The number of piperazine rings is 1. The lowest BCUT2D eigenvalue weighted by atomic mass is 10.00. The molecule has 2 aliphatic heterocycles. The van der Waals surface area contributed by atoms with Crippen LogP contribution in [0.4, 0.5) is 0 Å². The van der Waals surface area contributed by atoms with Crippen LogP contribution in [-0.2, 0) is 9.53 Å². The van der Waals surface area contributed by atoms with E-state index in [-0.39, 0.29) is 5.92 Å². The first-order valence-electron chi connectivity index (χ1n) is 5.77. The standard InChI is InChI=1S/C11H20N2O2/c1-12-3-5-13(6-4-12)8-10-9-15-7-2-11(10)14/h10H,2-9H2,1H3. The van der Waals surface area contributed by atoms with Crippen LogP contribution in [0.1, 0.15) is 6.42 Å². The van der Waals surface area contributed by atoms with E-state index < -0.39 is 0 Å². The fourth-order valence-electron chi connectivity index (χ4n) is 2.19. The van der Waals surface area contributed by atoms with E-state index in [1.54, 1.807) is 0 Å². The first-order valence-corrected chi connectivity index (χ1v) is 5.77. The van der Waals surface area contributed by atoms with Crippen molar-refractivity contribution in [3.05, 3.63) is 0 Å². The lowest BCUT2D eigenvalue weighted by molar-refractivity contribution is -0.131. The molecular weight excluding hydrogens is 192 g/mol. The quantitative estimate of drug-likeness (QED) is 0.637. The average Bonchev–Trinajstić information content (AvgIpc) is 2.25. The van der Waals surface area contributed by atoms with Crippen molar-refractivity contribution in [3.63, 3.8) is 0 Å². The van der Waals surface area contributed by atoms with Crippen LogP contribution in [-0.4, -0.2) is 68.6 Å². The van der Waals surface area contributed by atoms with Gasteiger partial charge in [-0.25, -0.2) is 0 Å². The largest absolute Gasteiger partial charge is 0.380 e. The average molecular weight is 212 g/mol. The minimum Gasteiger partial charge on any atom is -0.380 e. The van der Waals surface area contributed by atoms with Crippen molar-refractivity contribution in [1.82, 2.24) is 9.80 Å². The molecule has 0 aromatic rings. The SMILES string of the molecule is CN1CCN(CC2COCCC2=O)CC1. The maximum atomic E-state index is 11.6. The van der Waals surface area contributed by atoms with E-state index >= 15 is 0 Å². The number of carbonyl (C=O) groups excluding carboxylic acids is 1. The van der Waals surface area contributed by atoms with E-state index in [0.717, 1.165) is 32.7 Å². The van der Waals surface area contributed by atoms with Crippen molar-refractivity contribution in [2.24, 2.45) is 5.92 Å². The van der Waals surface area contributed by atoms with Crippen molar-refractivity contribution < 1.29 is 9.53 Å². The molecule has 86 valence electrons. The van der Waals surface area contributed by atoms with Gasteiger partial charge in [0.25, 0.3) is 0 Å². The van der Waals surface area contributed by atoms with E-state index in [0.29, 0.717) is 25.4 Å². The summed E-state index contributed by atoms with van der Waals surface area (Å²) in [6, 6.07) is 0. The lowest BCUT2D eigenvalue weighted by Gasteiger charge is -2.35. The Hall–Kier alpha value is -0.450. The van der Waals surface area contributed by atoms with Crippen LogP contribution in [0.15, 0.2) is 0 Å². The van der Waals surface area contributed by atoms with E-state index in [1.807, 2.05) is 0 Å². The van der Waals surface area contributed by atoms with Gasteiger partial charge >= 0.3 is 0 Å². The van der Waals surface area contributed by atoms with Crippen LogP contribution in [0.5, 0.6) is 0 Å². The molecule has 2 saturated heterocycles. The van der Waals surface area contributed by atoms with Gasteiger partial charge in [0.2, 0.25) is 0 Å². The lowest BCUT2D eigenvalue weighted by Crippen LogP contribution is -2.48. The molecule has 0 spiro atoms. The predicted octanol–water partition coefficient (Wildman–Crippen LogP) is -0.161. The van der Waals surface area contributed by atoms with Crippen molar-refractivity contribution >= 4 is 5.78 Å². The number of ether oxygens (including phenoxy) is 1. The molecule has 0 aliphatic carbocycles. The number of likely N-dealkylation sites (N-methyl/N-ethyl adjacent to an activating group) is 1. The van der Waals surface area contributed by atoms with Gasteiger partial charge in [-0.3, -0.25) is 9.69 Å². The van der Waals surface area contributed by atoms with Crippen molar-refractivity contribution in [2.45, 2.75) is 6.42 Å². The van der Waals surface area contributed by atoms with Gasteiger partial charge in [0.05, 0.1) is 19.1 Å². The molecule has 2 rings (SSSR count). The molecule has 0 radical (unpaired) electrons. The number of hydrogen-bond acceptors (Lipinski definition) is 4.